The van der Waals surface area contributed by atoms with E-state index < -0.39 is 23.9 Å². The molecule has 1 atom stereocenters. The third kappa shape index (κ3) is 3.79. The lowest BCUT2D eigenvalue weighted by atomic mass is 10.1. The van der Waals surface area contributed by atoms with Crippen molar-refractivity contribution in [3.05, 3.63) is 35.4 Å². The zero-order chi connectivity index (χ0) is 17.7. The molecule has 0 aliphatic carbocycles. The minimum Gasteiger partial charge on any atom is -0.380 e. The summed E-state index contributed by atoms with van der Waals surface area (Å²) in [6, 6.07) is 6.31. The molecule has 7 nitrogen and oxygen atoms in total. The SMILES string of the molecule is CCCCC(ON=C(C)C)C(=O)ON1C(=O)c2ccccc2C1=O. The monoisotopic (exact) mass is 332 g/mol. The van der Waals surface area contributed by atoms with Crippen LogP contribution in [0.25, 0.3) is 0 Å². The summed E-state index contributed by atoms with van der Waals surface area (Å²) in [5, 5.41) is 4.26. The lowest BCUT2D eigenvalue weighted by Gasteiger charge is -2.17. The average molecular weight is 332 g/mol. The summed E-state index contributed by atoms with van der Waals surface area (Å²) in [5.41, 5.74) is 1.07. The molecule has 128 valence electrons. The molecule has 1 aromatic rings. The number of carbonyl (C=O) groups excluding carboxylic acids is 3. The van der Waals surface area contributed by atoms with Gasteiger partial charge in [0, 0.05) is 0 Å². The van der Waals surface area contributed by atoms with Crippen molar-refractivity contribution in [3.8, 4) is 0 Å². The fraction of sp³-hybridized carbons (Fsp3) is 0.412. The lowest BCUT2D eigenvalue weighted by molar-refractivity contribution is -0.182. The Morgan fingerprint density at radius 3 is 2.25 bits per heavy atom. The minimum atomic E-state index is -0.968. The molecule has 0 fully saturated rings. The van der Waals surface area contributed by atoms with Gasteiger partial charge in [-0.25, -0.2) is 4.79 Å². The van der Waals surface area contributed by atoms with E-state index in [1.54, 1.807) is 26.0 Å². The molecule has 7 heteroatoms. The highest BCUT2D eigenvalue weighted by molar-refractivity contribution is 6.20. The molecule has 0 N–H and O–H groups in total. The molecule has 1 unspecified atom stereocenters. The first-order valence-corrected chi connectivity index (χ1v) is 7.82. The Balaban J connectivity index is 2.10. The van der Waals surface area contributed by atoms with Crippen molar-refractivity contribution in [2.75, 3.05) is 0 Å². The molecule has 0 saturated heterocycles. The molecule has 1 heterocycles. The number of hydrogen-bond donors (Lipinski definition) is 0. The average Bonchev–Trinajstić information content (AvgIpc) is 2.80. The largest absolute Gasteiger partial charge is 0.380 e. The Morgan fingerprint density at radius 2 is 1.75 bits per heavy atom. The number of rotatable bonds is 7. The maximum atomic E-state index is 12.3. The number of unbranched alkanes of at least 4 members (excludes halogenated alkanes) is 1. The van der Waals surface area contributed by atoms with E-state index in [0.717, 1.165) is 12.8 Å². The van der Waals surface area contributed by atoms with Crippen molar-refractivity contribution in [2.24, 2.45) is 5.16 Å². The molecular formula is C17H20N2O5. The molecule has 0 aromatic heterocycles. The highest BCUT2D eigenvalue weighted by Crippen LogP contribution is 2.23. The molecule has 1 aromatic carbocycles. The van der Waals surface area contributed by atoms with Gasteiger partial charge in [-0.1, -0.05) is 35.7 Å². The summed E-state index contributed by atoms with van der Waals surface area (Å²) < 4.78 is 0. The number of hydrogen-bond acceptors (Lipinski definition) is 6. The topological polar surface area (TPSA) is 85.3 Å². The predicted molar refractivity (Wildman–Crippen MR) is 86.2 cm³/mol. The third-order valence-electron chi connectivity index (χ3n) is 3.38. The van der Waals surface area contributed by atoms with Crippen LogP contribution in [0.1, 0.15) is 60.7 Å². The van der Waals surface area contributed by atoms with E-state index in [9.17, 15) is 14.4 Å². The fourth-order valence-corrected chi connectivity index (χ4v) is 2.17. The maximum absolute atomic E-state index is 12.3. The normalized spacial score (nSPS) is 14.2. The second kappa shape index (κ2) is 7.72. The maximum Gasteiger partial charge on any atom is 0.376 e. The number of nitrogens with zero attached hydrogens (tertiary/aromatic N) is 2. The number of oxime groups is 1. The number of fused-ring (bicyclic) bond motifs is 1. The van der Waals surface area contributed by atoms with Crippen molar-refractivity contribution in [2.45, 2.75) is 46.1 Å². The van der Waals surface area contributed by atoms with Gasteiger partial charge in [0.05, 0.1) is 16.8 Å². The molecule has 24 heavy (non-hydrogen) atoms. The molecule has 0 bridgehead atoms. The van der Waals surface area contributed by atoms with Crippen molar-refractivity contribution in [3.63, 3.8) is 0 Å². The first-order chi connectivity index (χ1) is 11.5. The van der Waals surface area contributed by atoms with Gasteiger partial charge in [-0.2, -0.15) is 0 Å². The number of carbonyl (C=O) groups is 3. The molecule has 1 aliphatic rings. The van der Waals surface area contributed by atoms with Gasteiger partial charge in [-0.05, 0) is 38.8 Å². The van der Waals surface area contributed by atoms with Crippen LogP contribution in [-0.4, -0.2) is 34.7 Å². The van der Waals surface area contributed by atoms with E-state index in [2.05, 4.69) is 5.16 Å². The fourth-order valence-electron chi connectivity index (χ4n) is 2.17. The molecule has 1 aliphatic heterocycles. The van der Waals surface area contributed by atoms with Crippen molar-refractivity contribution in [1.29, 1.82) is 0 Å². The van der Waals surface area contributed by atoms with Gasteiger partial charge in [0.15, 0.2) is 0 Å². The zero-order valence-electron chi connectivity index (χ0n) is 13.9. The van der Waals surface area contributed by atoms with Crippen LogP contribution in [0.4, 0.5) is 0 Å². The molecule has 0 radical (unpaired) electrons. The van der Waals surface area contributed by atoms with Gasteiger partial charge in [-0.3, -0.25) is 9.59 Å². The van der Waals surface area contributed by atoms with Crippen LogP contribution in [0.3, 0.4) is 0 Å². The number of benzene rings is 1. The van der Waals surface area contributed by atoms with Crippen molar-refractivity contribution in [1.82, 2.24) is 5.06 Å². The highest BCUT2D eigenvalue weighted by atomic mass is 16.7. The molecule has 0 saturated carbocycles. The number of hydroxylamine groups is 2. The summed E-state index contributed by atoms with van der Waals surface area (Å²) in [5.74, 6) is -2.13. The van der Waals surface area contributed by atoms with Gasteiger partial charge in [-0.15, -0.1) is 0 Å². The van der Waals surface area contributed by atoms with E-state index >= 15 is 0 Å². The first-order valence-electron chi connectivity index (χ1n) is 7.82. The molecule has 2 amide bonds. The van der Waals surface area contributed by atoms with Crippen LogP contribution in [0.2, 0.25) is 0 Å². The minimum absolute atomic E-state index is 0.212. The van der Waals surface area contributed by atoms with Crippen LogP contribution >= 0.6 is 0 Å². The van der Waals surface area contributed by atoms with Crippen molar-refractivity contribution >= 4 is 23.5 Å². The summed E-state index contributed by atoms with van der Waals surface area (Å²) in [6.07, 6.45) is 0.994. The zero-order valence-corrected chi connectivity index (χ0v) is 13.9. The van der Waals surface area contributed by atoms with Gasteiger partial charge in [0.2, 0.25) is 6.10 Å². The smallest absolute Gasteiger partial charge is 0.376 e. The van der Waals surface area contributed by atoms with Crippen LogP contribution in [0, 0.1) is 0 Å². The quantitative estimate of drug-likeness (QED) is 0.435. The number of imide groups is 1. The van der Waals surface area contributed by atoms with Crippen LogP contribution in [0.15, 0.2) is 29.4 Å². The Labute approximate surface area is 140 Å². The van der Waals surface area contributed by atoms with Crippen LogP contribution in [0.5, 0.6) is 0 Å². The summed E-state index contributed by atoms with van der Waals surface area (Å²) in [4.78, 5) is 46.9. The van der Waals surface area contributed by atoms with Crippen molar-refractivity contribution < 1.29 is 24.1 Å². The Hall–Kier alpha value is -2.70. The van der Waals surface area contributed by atoms with Gasteiger partial charge >= 0.3 is 5.97 Å². The third-order valence-corrected chi connectivity index (χ3v) is 3.38. The van der Waals surface area contributed by atoms with E-state index in [4.69, 9.17) is 9.68 Å². The number of amides is 2. The van der Waals surface area contributed by atoms with Gasteiger partial charge in [0.25, 0.3) is 11.8 Å². The second-order valence-corrected chi connectivity index (χ2v) is 5.64. The van der Waals surface area contributed by atoms with E-state index in [1.807, 2.05) is 6.92 Å². The Bertz CT molecular complexity index is 644. The summed E-state index contributed by atoms with van der Waals surface area (Å²) in [7, 11) is 0. The molecule has 2 rings (SSSR count). The van der Waals surface area contributed by atoms with Crippen LogP contribution < -0.4 is 0 Å². The Morgan fingerprint density at radius 1 is 1.17 bits per heavy atom. The van der Waals surface area contributed by atoms with Gasteiger partial charge in [0.1, 0.15) is 0 Å². The Kier molecular flexibility index (Phi) is 5.68. The lowest BCUT2D eigenvalue weighted by Crippen LogP contribution is -2.37. The second-order valence-electron chi connectivity index (χ2n) is 5.64. The summed E-state index contributed by atoms with van der Waals surface area (Å²) >= 11 is 0. The van der Waals surface area contributed by atoms with E-state index in [-0.39, 0.29) is 11.1 Å². The summed E-state index contributed by atoms with van der Waals surface area (Å²) in [6.45, 7) is 5.43. The van der Waals surface area contributed by atoms with Gasteiger partial charge < -0.3 is 9.68 Å². The van der Waals surface area contributed by atoms with E-state index in [1.165, 1.54) is 12.1 Å². The highest BCUT2D eigenvalue weighted by Gasteiger charge is 2.40. The van der Waals surface area contributed by atoms with Crippen LogP contribution in [-0.2, 0) is 14.5 Å². The predicted octanol–water partition coefficient (Wildman–Crippen LogP) is 2.71. The first kappa shape index (κ1) is 17.7. The molecular weight excluding hydrogens is 312 g/mol. The van der Waals surface area contributed by atoms with E-state index in [0.29, 0.717) is 17.2 Å². The molecule has 0 spiro atoms. The standard InChI is InChI=1S/C17H20N2O5/c1-4-5-10-14(23-18-11(2)3)17(22)24-19-15(20)12-8-6-7-9-13(12)16(19)21/h6-9,14H,4-5,10H2,1-3H3.